The summed E-state index contributed by atoms with van der Waals surface area (Å²) < 4.78 is 12.1. The van der Waals surface area contributed by atoms with Gasteiger partial charge in [-0.15, -0.1) is 0 Å². The van der Waals surface area contributed by atoms with Gasteiger partial charge in [0.2, 0.25) is 17.1 Å². The Hall–Kier alpha value is -1.32. The van der Waals surface area contributed by atoms with Crippen molar-refractivity contribution in [2.75, 3.05) is 0 Å². The molecule has 0 atom stereocenters. The molecule has 0 saturated heterocycles. The van der Waals surface area contributed by atoms with Gasteiger partial charge in [-0.05, 0) is 0 Å². The lowest BCUT2D eigenvalue weighted by molar-refractivity contribution is 0.414. The molecule has 4 heteroatoms. The second-order valence-corrected chi connectivity index (χ2v) is 1.50. The van der Waals surface area contributed by atoms with E-state index in [0.29, 0.717) is 0 Å². The van der Waals surface area contributed by atoms with Crippen molar-refractivity contribution in [3.05, 3.63) is 28.4 Å². The van der Waals surface area contributed by atoms with E-state index < -0.39 is 17.1 Å². The van der Waals surface area contributed by atoms with E-state index in [1.807, 2.05) is 4.98 Å². The van der Waals surface area contributed by atoms with E-state index in [-0.39, 0.29) is 0 Å². The number of hydrogen-bond acceptors (Lipinski definition) is 2. The largest absolute Gasteiger partial charge is 0.501 e. The first-order valence-corrected chi connectivity index (χ1v) is 2.28. The van der Waals surface area contributed by atoms with E-state index in [4.69, 9.17) is 5.11 Å². The molecule has 3 nitrogen and oxygen atoms in total. The zero-order valence-corrected chi connectivity index (χ0v) is 4.39. The van der Waals surface area contributed by atoms with E-state index in [0.717, 1.165) is 12.3 Å². The van der Waals surface area contributed by atoms with Crippen molar-refractivity contribution in [1.82, 2.24) is 4.98 Å². The van der Waals surface area contributed by atoms with Crippen LogP contribution < -0.4 is 5.43 Å². The fraction of sp³-hybridized carbons (Fsp3) is 0. The summed E-state index contributed by atoms with van der Waals surface area (Å²) in [5.41, 5.74) is -0.716. The van der Waals surface area contributed by atoms with Crippen molar-refractivity contribution in [1.29, 1.82) is 0 Å². The minimum atomic E-state index is -0.998. The molecule has 0 radical (unpaired) electrons. The van der Waals surface area contributed by atoms with Gasteiger partial charge in [0, 0.05) is 12.3 Å². The van der Waals surface area contributed by atoms with Crippen LogP contribution in [0.15, 0.2) is 17.1 Å². The summed E-state index contributed by atoms with van der Waals surface area (Å²) in [5.74, 6) is -1.86. The maximum atomic E-state index is 12.1. The highest BCUT2D eigenvalue weighted by atomic mass is 19.1. The number of nitrogens with one attached hydrogen (secondary N) is 1. The third-order valence-corrected chi connectivity index (χ3v) is 0.886. The molecule has 0 aliphatic carbocycles. The lowest BCUT2D eigenvalue weighted by Gasteiger charge is -1.88. The van der Waals surface area contributed by atoms with Gasteiger partial charge >= 0.3 is 0 Å². The zero-order chi connectivity index (χ0) is 6.85. The monoisotopic (exact) mass is 129 g/mol. The van der Waals surface area contributed by atoms with Crippen molar-refractivity contribution < 1.29 is 9.50 Å². The predicted octanol–water partition coefficient (Wildman–Crippen LogP) is 0.220. The molecule has 0 aliphatic rings. The second-order valence-electron chi connectivity index (χ2n) is 1.50. The van der Waals surface area contributed by atoms with Crippen LogP contribution in [-0.4, -0.2) is 10.1 Å². The van der Waals surface area contributed by atoms with E-state index >= 15 is 0 Å². The van der Waals surface area contributed by atoms with Gasteiger partial charge in [0.25, 0.3) is 0 Å². The van der Waals surface area contributed by atoms with Crippen LogP contribution in [0.1, 0.15) is 0 Å². The first-order chi connectivity index (χ1) is 4.22. The SMILES string of the molecule is O=c1cc[nH]c(F)c1O. The molecule has 1 heterocycles. The van der Waals surface area contributed by atoms with Gasteiger partial charge in [-0.3, -0.25) is 4.79 Å². The maximum absolute atomic E-state index is 12.1. The molecule has 0 spiro atoms. The average Bonchev–Trinajstić information content (AvgIpc) is 1.83. The van der Waals surface area contributed by atoms with Gasteiger partial charge in [0.05, 0.1) is 0 Å². The maximum Gasteiger partial charge on any atom is 0.237 e. The Balaban J connectivity index is 3.43. The summed E-state index contributed by atoms with van der Waals surface area (Å²) in [6, 6.07) is 1.04. The fourth-order valence-electron chi connectivity index (χ4n) is 0.446. The average molecular weight is 129 g/mol. The zero-order valence-electron chi connectivity index (χ0n) is 4.39. The number of halogens is 1. The van der Waals surface area contributed by atoms with Crippen LogP contribution in [0.3, 0.4) is 0 Å². The molecule has 2 N–H and O–H groups in total. The van der Waals surface area contributed by atoms with Crippen LogP contribution in [0.4, 0.5) is 4.39 Å². The molecule has 1 aromatic rings. The molecule has 0 amide bonds. The molecule has 0 fully saturated rings. The highest BCUT2D eigenvalue weighted by molar-refractivity contribution is 5.15. The Morgan fingerprint density at radius 3 is 2.78 bits per heavy atom. The highest BCUT2D eigenvalue weighted by Crippen LogP contribution is 2.01. The van der Waals surface area contributed by atoms with Crippen LogP contribution in [0, 0.1) is 5.95 Å². The first-order valence-electron chi connectivity index (χ1n) is 2.28. The number of hydrogen-bond donors (Lipinski definition) is 2. The van der Waals surface area contributed by atoms with Crippen LogP contribution in [0.2, 0.25) is 0 Å². The van der Waals surface area contributed by atoms with E-state index in [1.165, 1.54) is 0 Å². The van der Waals surface area contributed by atoms with Gasteiger partial charge in [0.1, 0.15) is 0 Å². The summed E-state index contributed by atoms with van der Waals surface area (Å²) in [6.07, 6.45) is 1.12. The summed E-state index contributed by atoms with van der Waals surface area (Å²) in [7, 11) is 0. The number of aromatic hydroxyl groups is 1. The molecule has 0 aromatic carbocycles. The molecule has 1 aromatic heterocycles. The standard InChI is InChI=1S/C5H4FNO2/c6-5-4(9)3(8)1-2-7-5/h1-2,9H,(H,7,8). The topological polar surface area (TPSA) is 53.1 Å². The van der Waals surface area contributed by atoms with Gasteiger partial charge in [0.15, 0.2) is 0 Å². The minimum Gasteiger partial charge on any atom is -0.501 e. The third-order valence-electron chi connectivity index (χ3n) is 0.886. The van der Waals surface area contributed by atoms with Gasteiger partial charge in [-0.25, -0.2) is 0 Å². The molecule has 0 unspecified atom stereocenters. The van der Waals surface area contributed by atoms with E-state index in [2.05, 4.69) is 0 Å². The molecule has 9 heavy (non-hydrogen) atoms. The molecule has 48 valence electrons. The number of rotatable bonds is 0. The summed E-state index contributed by atoms with van der Waals surface area (Å²) in [5, 5.41) is 8.49. The van der Waals surface area contributed by atoms with Gasteiger partial charge < -0.3 is 10.1 Å². The summed E-state index contributed by atoms with van der Waals surface area (Å²) in [4.78, 5) is 12.4. The Bertz CT molecular complexity index is 268. The Morgan fingerprint density at radius 1 is 1.67 bits per heavy atom. The van der Waals surface area contributed by atoms with E-state index in [9.17, 15) is 9.18 Å². The number of aromatic nitrogens is 1. The van der Waals surface area contributed by atoms with Crippen LogP contribution >= 0.6 is 0 Å². The Morgan fingerprint density at radius 2 is 2.33 bits per heavy atom. The number of pyridine rings is 1. The van der Waals surface area contributed by atoms with Crippen molar-refractivity contribution in [3.8, 4) is 5.75 Å². The number of aromatic amines is 1. The van der Waals surface area contributed by atoms with Crippen LogP contribution in [-0.2, 0) is 0 Å². The van der Waals surface area contributed by atoms with Crippen molar-refractivity contribution in [2.24, 2.45) is 0 Å². The molecule has 1 rings (SSSR count). The lowest BCUT2D eigenvalue weighted by Crippen LogP contribution is -2.00. The lowest BCUT2D eigenvalue weighted by atomic mass is 10.4. The van der Waals surface area contributed by atoms with Crippen LogP contribution in [0.25, 0.3) is 0 Å². The first kappa shape index (κ1) is 5.81. The predicted molar refractivity (Wildman–Crippen MR) is 28.7 cm³/mol. The normalized spacial score (nSPS) is 9.44. The van der Waals surface area contributed by atoms with Crippen molar-refractivity contribution in [3.63, 3.8) is 0 Å². The summed E-state index contributed by atoms with van der Waals surface area (Å²) in [6.45, 7) is 0. The van der Waals surface area contributed by atoms with Crippen LogP contribution in [0.5, 0.6) is 5.75 Å². The smallest absolute Gasteiger partial charge is 0.237 e. The molecule has 0 aliphatic heterocycles. The summed E-state index contributed by atoms with van der Waals surface area (Å²) >= 11 is 0. The third kappa shape index (κ3) is 0.910. The van der Waals surface area contributed by atoms with Gasteiger partial charge in [-0.1, -0.05) is 0 Å². The Kier molecular flexibility index (Phi) is 1.22. The van der Waals surface area contributed by atoms with E-state index in [1.54, 1.807) is 0 Å². The number of H-pyrrole nitrogens is 1. The minimum absolute atomic E-state index is 0.716. The highest BCUT2D eigenvalue weighted by Gasteiger charge is 2.00. The van der Waals surface area contributed by atoms with Gasteiger partial charge in [-0.2, -0.15) is 4.39 Å². The van der Waals surface area contributed by atoms with Crippen molar-refractivity contribution in [2.45, 2.75) is 0 Å². The fourth-order valence-corrected chi connectivity index (χ4v) is 0.446. The second kappa shape index (κ2) is 1.89. The Labute approximate surface area is 49.8 Å². The molecule has 0 saturated carbocycles. The molecular weight excluding hydrogens is 125 g/mol. The van der Waals surface area contributed by atoms with Crippen molar-refractivity contribution >= 4 is 0 Å². The quantitative estimate of drug-likeness (QED) is 0.492. The molecular formula is C5H4FNO2. The molecule has 0 bridgehead atoms.